The zero-order valence-electron chi connectivity index (χ0n) is 23.2. The normalized spacial score (nSPS) is 12.7. The third-order valence-corrected chi connectivity index (χ3v) is 9.07. The zero-order valence-corrected chi connectivity index (χ0v) is 23.2. The Bertz CT molecular complexity index is 2560. The van der Waals surface area contributed by atoms with Gasteiger partial charge in [-0.3, -0.25) is 8.80 Å². The standard InChI is InChI=1S/C37H25N5/c1-21(2)22-12-7-13-23(14-22)28-19-33-35-34(20-28)41-32-18-27-11-6-4-9-25(27)16-30(32)39-37(41)42(35)36-38-29-15-24-8-3-5-10-26(24)17-31(29)40(33)36/h3-21H,1-2H3. The molecule has 0 aliphatic heterocycles. The topological polar surface area (TPSA) is 39.0 Å². The monoisotopic (exact) mass is 539 g/mol. The van der Waals surface area contributed by atoms with Crippen LogP contribution in [0.5, 0.6) is 0 Å². The van der Waals surface area contributed by atoms with Crippen LogP contribution in [0, 0.1) is 0 Å². The van der Waals surface area contributed by atoms with E-state index in [-0.39, 0.29) is 0 Å². The molecular formula is C37H25N5. The molecule has 42 heavy (non-hydrogen) atoms. The number of nitrogens with zero attached hydrogens (tertiary/aromatic N) is 5. The molecule has 0 unspecified atom stereocenters. The lowest BCUT2D eigenvalue weighted by Gasteiger charge is -2.09. The number of hydrogen-bond acceptors (Lipinski definition) is 2. The lowest BCUT2D eigenvalue weighted by molar-refractivity contribution is 0.867. The quantitative estimate of drug-likeness (QED) is 0.220. The molecule has 5 heteroatoms. The van der Waals surface area contributed by atoms with Crippen LogP contribution in [0.25, 0.3) is 82.8 Å². The molecule has 0 aliphatic carbocycles. The third-order valence-electron chi connectivity index (χ3n) is 9.07. The molecule has 0 saturated carbocycles. The van der Waals surface area contributed by atoms with E-state index >= 15 is 0 Å². The van der Waals surface area contributed by atoms with Crippen LogP contribution in [-0.2, 0) is 0 Å². The molecule has 10 rings (SSSR count). The number of aromatic nitrogens is 5. The molecule has 0 amide bonds. The Balaban J connectivity index is 1.43. The van der Waals surface area contributed by atoms with Gasteiger partial charge < -0.3 is 0 Å². The minimum atomic E-state index is 0.458. The van der Waals surface area contributed by atoms with E-state index in [9.17, 15) is 0 Å². The molecule has 4 aromatic heterocycles. The lowest BCUT2D eigenvalue weighted by atomic mass is 9.97. The van der Waals surface area contributed by atoms with Crippen molar-refractivity contribution in [1.82, 2.24) is 23.2 Å². The van der Waals surface area contributed by atoms with E-state index in [1.165, 1.54) is 38.2 Å². The molecule has 0 spiro atoms. The minimum Gasteiger partial charge on any atom is -0.276 e. The van der Waals surface area contributed by atoms with Crippen LogP contribution in [-0.4, -0.2) is 23.2 Å². The smallest absolute Gasteiger partial charge is 0.223 e. The highest BCUT2D eigenvalue weighted by atomic mass is 15.3. The Morgan fingerprint density at radius 2 is 1.00 bits per heavy atom. The van der Waals surface area contributed by atoms with Gasteiger partial charge in [-0.05, 0) is 80.6 Å². The molecule has 10 aromatic rings. The molecule has 0 saturated heterocycles. The summed E-state index contributed by atoms with van der Waals surface area (Å²) in [7, 11) is 0. The summed E-state index contributed by atoms with van der Waals surface area (Å²) >= 11 is 0. The molecule has 0 atom stereocenters. The van der Waals surface area contributed by atoms with Crippen LogP contribution < -0.4 is 0 Å². The second-order valence-electron chi connectivity index (χ2n) is 11.8. The summed E-state index contributed by atoms with van der Waals surface area (Å²) in [4.78, 5) is 10.5. The van der Waals surface area contributed by atoms with Gasteiger partial charge in [-0.1, -0.05) is 86.6 Å². The molecule has 0 bridgehead atoms. The minimum absolute atomic E-state index is 0.458. The first-order valence-corrected chi connectivity index (χ1v) is 14.5. The number of fused-ring (bicyclic) bond motifs is 12. The Labute approximate surface area is 240 Å². The summed E-state index contributed by atoms with van der Waals surface area (Å²) in [6.45, 7) is 4.50. The average Bonchev–Trinajstić information content (AvgIpc) is 3.73. The summed E-state index contributed by atoms with van der Waals surface area (Å²) < 4.78 is 6.92. The van der Waals surface area contributed by atoms with Crippen LogP contribution in [0.1, 0.15) is 25.3 Å². The van der Waals surface area contributed by atoms with Gasteiger partial charge in [0.1, 0.15) is 5.52 Å². The first-order chi connectivity index (χ1) is 20.6. The summed E-state index contributed by atoms with van der Waals surface area (Å²) in [6.07, 6.45) is 0. The van der Waals surface area contributed by atoms with Gasteiger partial charge in [-0.2, -0.15) is 0 Å². The van der Waals surface area contributed by atoms with Gasteiger partial charge in [0.05, 0.1) is 33.1 Å². The van der Waals surface area contributed by atoms with E-state index in [1.54, 1.807) is 0 Å². The van der Waals surface area contributed by atoms with E-state index in [4.69, 9.17) is 9.97 Å². The van der Waals surface area contributed by atoms with Gasteiger partial charge >= 0.3 is 0 Å². The van der Waals surface area contributed by atoms with Crippen molar-refractivity contribution < 1.29 is 0 Å². The van der Waals surface area contributed by atoms with Gasteiger partial charge in [-0.15, -0.1) is 0 Å². The molecule has 0 N–H and O–H groups in total. The van der Waals surface area contributed by atoms with Crippen LogP contribution in [0.4, 0.5) is 0 Å². The van der Waals surface area contributed by atoms with Crippen molar-refractivity contribution in [2.75, 3.05) is 0 Å². The highest BCUT2D eigenvalue weighted by Crippen LogP contribution is 2.39. The second-order valence-corrected chi connectivity index (χ2v) is 11.8. The zero-order chi connectivity index (χ0) is 27.7. The van der Waals surface area contributed by atoms with Gasteiger partial charge in [0.2, 0.25) is 11.6 Å². The summed E-state index contributed by atoms with van der Waals surface area (Å²) in [5.74, 6) is 2.24. The SMILES string of the molecule is CC(C)c1cccc(-c2cc3c4c(c2)n2c5cc6ccccc6cc5nc2n4c2nc4cc5ccccc5cc4n32)c1. The number of hydrogen-bond donors (Lipinski definition) is 0. The predicted octanol–water partition coefficient (Wildman–Crippen LogP) is 9.23. The Morgan fingerprint density at radius 3 is 1.52 bits per heavy atom. The summed E-state index contributed by atoms with van der Waals surface area (Å²) in [6, 6.07) is 39.6. The fourth-order valence-electron chi connectivity index (χ4n) is 6.98. The van der Waals surface area contributed by atoms with Gasteiger partial charge in [0.25, 0.3) is 0 Å². The van der Waals surface area contributed by atoms with Crippen molar-refractivity contribution in [3.05, 3.63) is 115 Å². The highest BCUT2D eigenvalue weighted by Gasteiger charge is 2.25. The third kappa shape index (κ3) is 2.77. The molecule has 0 radical (unpaired) electrons. The van der Waals surface area contributed by atoms with E-state index in [0.717, 1.165) is 50.2 Å². The average molecular weight is 540 g/mol. The molecule has 4 heterocycles. The summed E-state index contributed by atoms with van der Waals surface area (Å²) in [5, 5.41) is 4.82. The number of imidazole rings is 4. The molecule has 6 aromatic carbocycles. The van der Waals surface area contributed by atoms with Crippen LogP contribution in [0.3, 0.4) is 0 Å². The van der Waals surface area contributed by atoms with Crippen LogP contribution in [0.2, 0.25) is 0 Å². The van der Waals surface area contributed by atoms with Gasteiger partial charge in [-0.25, -0.2) is 14.4 Å². The molecule has 198 valence electrons. The molecular weight excluding hydrogens is 514 g/mol. The van der Waals surface area contributed by atoms with Crippen molar-refractivity contribution in [1.29, 1.82) is 0 Å². The van der Waals surface area contributed by atoms with E-state index < -0.39 is 0 Å². The van der Waals surface area contributed by atoms with Crippen LogP contribution in [0.15, 0.2) is 109 Å². The van der Waals surface area contributed by atoms with Crippen molar-refractivity contribution in [2.45, 2.75) is 19.8 Å². The first-order valence-electron chi connectivity index (χ1n) is 14.5. The van der Waals surface area contributed by atoms with Crippen molar-refractivity contribution >= 4 is 71.7 Å². The fraction of sp³-hybridized carbons (Fsp3) is 0.0811. The van der Waals surface area contributed by atoms with Crippen molar-refractivity contribution in [2.24, 2.45) is 0 Å². The maximum atomic E-state index is 5.24. The van der Waals surface area contributed by atoms with E-state index in [0.29, 0.717) is 5.92 Å². The Morgan fingerprint density at radius 1 is 0.476 bits per heavy atom. The Hall–Kier alpha value is -5.42. The number of benzene rings is 6. The van der Waals surface area contributed by atoms with E-state index in [1.807, 2.05) is 0 Å². The first kappa shape index (κ1) is 22.3. The molecule has 0 aliphatic rings. The highest BCUT2D eigenvalue weighted by molar-refractivity contribution is 6.08. The Kier molecular flexibility index (Phi) is 4.06. The van der Waals surface area contributed by atoms with Crippen LogP contribution >= 0.6 is 0 Å². The second kappa shape index (κ2) is 7.65. The van der Waals surface area contributed by atoms with Gasteiger partial charge in [0, 0.05) is 0 Å². The fourth-order valence-corrected chi connectivity index (χ4v) is 6.98. The lowest BCUT2D eigenvalue weighted by Crippen LogP contribution is -1.90. The van der Waals surface area contributed by atoms with Crippen molar-refractivity contribution in [3.63, 3.8) is 0 Å². The van der Waals surface area contributed by atoms with Crippen molar-refractivity contribution in [3.8, 4) is 11.1 Å². The van der Waals surface area contributed by atoms with Gasteiger partial charge in [0.15, 0.2) is 0 Å². The maximum Gasteiger partial charge on any atom is 0.223 e. The van der Waals surface area contributed by atoms with E-state index in [2.05, 4.69) is 136 Å². The summed E-state index contributed by atoms with van der Waals surface area (Å²) in [5.41, 5.74) is 11.4. The molecule has 0 fully saturated rings. The number of rotatable bonds is 2. The largest absolute Gasteiger partial charge is 0.276 e. The predicted molar refractivity (Wildman–Crippen MR) is 173 cm³/mol. The molecule has 5 nitrogen and oxygen atoms in total. The maximum absolute atomic E-state index is 5.24.